The minimum absolute atomic E-state index is 0.245. The number of carbonyl (C=O) groups excluding carboxylic acids is 1. The summed E-state index contributed by atoms with van der Waals surface area (Å²) in [5.74, 6) is -0.929. The van der Waals surface area contributed by atoms with Crippen molar-refractivity contribution in [2.45, 2.75) is 38.6 Å². The predicted molar refractivity (Wildman–Crippen MR) is 131 cm³/mol. The van der Waals surface area contributed by atoms with Gasteiger partial charge in [-0.2, -0.15) is 0 Å². The van der Waals surface area contributed by atoms with Crippen LogP contribution in [0.15, 0.2) is 47.5 Å². The van der Waals surface area contributed by atoms with Gasteiger partial charge in [-0.3, -0.25) is 14.2 Å². The normalized spacial score (nSPS) is 17.3. The third-order valence-electron chi connectivity index (χ3n) is 6.94. The number of hydrogen-bond donors (Lipinski definition) is 0. The van der Waals surface area contributed by atoms with Crippen molar-refractivity contribution in [3.63, 3.8) is 0 Å². The zero-order valence-corrected chi connectivity index (χ0v) is 20.2. The lowest BCUT2D eigenvalue weighted by molar-refractivity contribution is -0.0431. The van der Waals surface area contributed by atoms with Crippen molar-refractivity contribution in [2.24, 2.45) is 7.05 Å². The molecule has 36 heavy (non-hydrogen) atoms. The predicted octanol–water partition coefficient (Wildman–Crippen LogP) is 4.70. The second kappa shape index (κ2) is 7.81. The van der Waals surface area contributed by atoms with Gasteiger partial charge in [0.2, 0.25) is 5.79 Å². The lowest BCUT2D eigenvalue weighted by Gasteiger charge is -2.29. The van der Waals surface area contributed by atoms with Crippen molar-refractivity contribution >= 4 is 27.6 Å². The van der Waals surface area contributed by atoms with Gasteiger partial charge in [0.15, 0.2) is 11.5 Å². The van der Waals surface area contributed by atoms with E-state index in [1.807, 2.05) is 0 Å². The Hall–Kier alpha value is -3.88. The molecule has 2 aromatic heterocycles. The third-order valence-corrected chi connectivity index (χ3v) is 6.94. The van der Waals surface area contributed by atoms with E-state index in [0.717, 1.165) is 0 Å². The molecule has 0 aliphatic carbocycles. The Morgan fingerprint density at radius 3 is 2.39 bits per heavy atom. The average Bonchev–Trinajstić information content (AvgIpc) is 3.35. The van der Waals surface area contributed by atoms with E-state index in [1.165, 1.54) is 22.9 Å². The molecule has 7 nitrogen and oxygen atoms in total. The van der Waals surface area contributed by atoms with E-state index in [9.17, 15) is 18.4 Å². The van der Waals surface area contributed by atoms with Crippen LogP contribution in [0.25, 0.3) is 27.4 Å². The molecule has 2 aromatic carbocycles. The number of piperidine rings is 1. The summed E-state index contributed by atoms with van der Waals surface area (Å²) in [7, 11) is 1.79. The molecule has 2 aliphatic heterocycles. The molecular formula is C27H25F2N3O4. The van der Waals surface area contributed by atoms with E-state index in [0.29, 0.717) is 33.5 Å². The first-order chi connectivity index (χ1) is 17.1. The van der Waals surface area contributed by atoms with Gasteiger partial charge in [-0.1, -0.05) is 0 Å². The van der Waals surface area contributed by atoms with E-state index < -0.39 is 23.3 Å². The summed E-state index contributed by atoms with van der Waals surface area (Å²) in [6.07, 6.45) is 2.84. The van der Waals surface area contributed by atoms with Crippen LogP contribution in [0.1, 0.15) is 37.0 Å². The maximum atomic E-state index is 14.7. The van der Waals surface area contributed by atoms with Gasteiger partial charge in [0.1, 0.15) is 12.0 Å². The lowest BCUT2D eigenvalue weighted by atomic mass is 10.0. The van der Waals surface area contributed by atoms with Crippen molar-refractivity contribution in [2.75, 3.05) is 13.1 Å². The zero-order chi connectivity index (χ0) is 25.4. The van der Waals surface area contributed by atoms with Gasteiger partial charge in [0, 0.05) is 57.2 Å². The van der Waals surface area contributed by atoms with Crippen molar-refractivity contribution in [1.29, 1.82) is 0 Å². The fraction of sp³-hybridized carbons (Fsp3) is 0.333. The monoisotopic (exact) mass is 493 g/mol. The highest BCUT2D eigenvalue weighted by Crippen LogP contribution is 2.42. The summed E-state index contributed by atoms with van der Waals surface area (Å²) in [4.78, 5) is 29.1. The molecular weight excluding hydrogens is 468 g/mol. The average molecular weight is 494 g/mol. The highest BCUT2D eigenvalue weighted by atomic mass is 19.1. The molecule has 1 fully saturated rings. The molecule has 4 aromatic rings. The SMILES string of the molecule is Cn1ccc2c(-n3cc(C(=O)N4CCC(F)CC4)c4cc5c(cc4c3=O)OC(C)(C)O5)cc(F)cc21. The standard InChI is InChI=1S/C27H25F2N3O4/c1-27(2)35-23-12-18-19(13-24(23)36-27)26(34)32(14-20(18)25(33)31-8-4-15(28)5-9-31)22-11-16(29)10-21-17(22)6-7-30(21)3/h6-7,10-15H,4-5,8-9H2,1-3H3. The number of aryl methyl sites for hydroxylation is 1. The van der Waals surface area contributed by atoms with Gasteiger partial charge in [-0.25, -0.2) is 8.78 Å². The minimum Gasteiger partial charge on any atom is -0.449 e. The summed E-state index contributed by atoms with van der Waals surface area (Å²) >= 11 is 0. The van der Waals surface area contributed by atoms with Crippen LogP contribution in [0, 0.1) is 5.82 Å². The topological polar surface area (TPSA) is 65.7 Å². The van der Waals surface area contributed by atoms with E-state index in [4.69, 9.17) is 9.47 Å². The first-order valence-corrected chi connectivity index (χ1v) is 11.9. The fourth-order valence-electron chi connectivity index (χ4n) is 5.15. The first-order valence-electron chi connectivity index (χ1n) is 11.9. The Bertz CT molecular complexity index is 1610. The number of rotatable bonds is 2. The highest BCUT2D eigenvalue weighted by molar-refractivity contribution is 6.07. The molecule has 1 saturated heterocycles. The van der Waals surface area contributed by atoms with Crippen molar-refractivity contribution < 1.29 is 23.0 Å². The molecule has 1 amide bonds. The van der Waals surface area contributed by atoms with Gasteiger partial charge in [-0.05, 0) is 43.2 Å². The number of ether oxygens (including phenoxy) is 2. The molecule has 0 bridgehead atoms. The number of alkyl halides is 1. The Kier molecular flexibility index (Phi) is 4.90. The maximum absolute atomic E-state index is 14.7. The largest absolute Gasteiger partial charge is 0.449 e. The van der Waals surface area contributed by atoms with Gasteiger partial charge < -0.3 is 18.9 Å². The summed E-state index contributed by atoms with van der Waals surface area (Å²) in [6.45, 7) is 4.06. The fourth-order valence-corrected chi connectivity index (χ4v) is 5.15. The number of likely N-dealkylation sites (tertiary alicyclic amines) is 1. The van der Waals surface area contributed by atoms with E-state index in [2.05, 4.69) is 0 Å². The number of hydrogen-bond acceptors (Lipinski definition) is 4. The zero-order valence-electron chi connectivity index (χ0n) is 20.2. The van der Waals surface area contributed by atoms with Crippen LogP contribution in [0.2, 0.25) is 0 Å². The summed E-state index contributed by atoms with van der Waals surface area (Å²) in [6, 6.07) is 7.71. The van der Waals surface area contributed by atoms with Gasteiger partial charge in [0.05, 0.1) is 22.2 Å². The number of carbonyl (C=O) groups is 1. The maximum Gasteiger partial charge on any atom is 0.263 e. The minimum atomic E-state index is -0.936. The van der Waals surface area contributed by atoms with Crippen molar-refractivity contribution in [3.8, 4) is 17.2 Å². The number of halogens is 2. The van der Waals surface area contributed by atoms with Gasteiger partial charge >= 0.3 is 0 Å². The third kappa shape index (κ3) is 3.53. The summed E-state index contributed by atoms with van der Waals surface area (Å²) < 4.78 is 43.2. The highest BCUT2D eigenvalue weighted by Gasteiger charge is 2.34. The van der Waals surface area contributed by atoms with Crippen LogP contribution in [0.4, 0.5) is 8.78 Å². The summed E-state index contributed by atoms with van der Waals surface area (Å²) in [5.41, 5.74) is 0.775. The van der Waals surface area contributed by atoms with Gasteiger partial charge in [0.25, 0.3) is 11.5 Å². The first kappa shape index (κ1) is 22.6. The van der Waals surface area contributed by atoms with E-state index >= 15 is 0 Å². The van der Waals surface area contributed by atoms with E-state index in [-0.39, 0.29) is 42.8 Å². The molecule has 0 spiro atoms. The Morgan fingerprint density at radius 1 is 1.03 bits per heavy atom. The Labute approximate surface area is 205 Å². The van der Waals surface area contributed by atoms with Crippen LogP contribution in [0.5, 0.6) is 11.5 Å². The van der Waals surface area contributed by atoms with Crippen LogP contribution >= 0.6 is 0 Å². The molecule has 9 heteroatoms. The molecule has 2 aliphatic rings. The van der Waals surface area contributed by atoms with Crippen LogP contribution < -0.4 is 15.0 Å². The van der Waals surface area contributed by atoms with Crippen LogP contribution in [-0.4, -0.2) is 45.0 Å². The van der Waals surface area contributed by atoms with Gasteiger partial charge in [-0.15, -0.1) is 0 Å². The summed E-state index contributed by atoms with van der Waals surface area (Å²) in [5, 5.41) is 1.32. The number of nitrogens with zero attached hydrogens (tertiary/aromatic N) is 3. The quantitative estimate of drug-likeness (QED) is 0.406. The number of aromatic nitrogens is 2. The van der Waals surface area contributed by atoms with E-state index in [1.54, 1.807) is 54.8 Å². The smallest absolute Gasteiger partial charge is 0.263 e. The second-order valence-electron chi connectivity index (χ2n) is 9.92. The molecule has 0 atom stereocenters. The van der Waals surface area contributed by atoms with Crippen LogP contribution in [-0.2, 0) is 7.05 Å². The van der Waals surface area contributed by atoms with Crippen molar-refractivity contribution in [3.05, 3.63) is 64.5 Å². The number of amides is 1. The number of fused-ring (bicyclic) bond motifs is 3. The molecule has 4 heterocycles. The lowest BCUT2D eigenvalue weighted by Crippen LogP contribution is -2.39. The molecule has 6 rings (SSSR count). The van der Waals surface area contributed by atoms with Crippen LogP contribution in [0.3, 0.4) is 0 Å². The van der Waals surface area contributed by atoms with Crippen molar-refractivity contribution in [1.82, 2.24) is 14.0 Å². The molecule has 0 radical (unpaired) electrons. The Balaban J connectivity index is 1.62. The second-order valence-corrected chi connectivity index (χ2v) is 9.92. The molecule has 0 N–H and O–H groups in total. The Morgan fingerprint density at radius 2 is 1.69 bits per heavy atom. The molecule has 0 unspecified atom stereocenters. The number of pyridine rings is 1. The molecule has 0 saturated carbocycles. The molecule has 186 valence electrons. The number of benzene rings is 2.